The minimum atomic E-state index is -1.80. The molecule has 2 bridgehead atoms. The summed E-state index contributed by atoms with van der Waals surface area (Å²) in [4.78, 5) is 49.1. The van der Waals surface area contributed by atoms with Crippen LogP contribution in [0.5, 0.6) is 0 Å². The molecule has 3 rings (SSSR count). The van der Waals surface area contributed by atoms with Crippen LogP contribution in [0.4, 0.5) is 0 Å². The lowest BCUT2D eigenvalue weighted by molar-refractivity contribution is -0.238. The molecule has 0 unspecified atom stereocenters. The van der Waals surface area contributed by atoms with Crippen molar-refractivity contribution in [3.05, 3.63) is 24.3 Å². The molecule has 3 fully saturated rings. The van der Waals surface area contributed by atoms with Crippen LogP contribution in [-0.2, 0) is 38.1 Å². The van der Waals surface area contributed by atoms with E-state index in [1.54, 1.807) is 13.8 Å². The van der Waals surface area contributed by atoms with Crippen LogP contribution in [-0.4, -0.2) is 65.9 Å². The first kappa shape index (κ1) is 23.1. The molecule has 1 aliphatic carbocycles. The fourth-order valence-corrected chi connectivity index (χ4v) is 4.72. The molecule has 3 aliphatic rings. The van der Waals surface area contributed by atoms with E-state index in [0.717, 1.165) is 0 Å². The van der Waals surface area contributed by atoms with Crippen LogP contribution in [0.2, 0.25) is 0 Å². The summed E-state index contributed by atoms with van der Waals surface area (Å²) in [5.41, 5.74) is -2.84. The van der Waals surface area contributed by atoms with Gasteiger partial charge in [-0.2, -0.15) is 0 Å². The van der Waals surface area contributed by atoms with Gasteiger partial charge in [-0.3, -0.25) is 9.59 Å². The number of carbonyl (C=O) groups is 4. The van der Waals surface area contributed by atoms with E-state index in [0.29, 0.717) is 12.9 Å². The molecule has 0 amide bonds. The summed E-state index contributed by atoms with van der Waals surface area (Å²) in [6, 6.07) is 0. The van der Waals surface area contributed by atoms with Crippen molar-refractivity contribution in [1.29, 1.82) is 0 Å². The molecular formula is C22H28O9. The van der Waals surface area contributed by atoms with Gasteiger partial charge in [0.15, 0.2) is 5.60 Å². The molecule has 1 saturated carbocycles. The highest BCUT2D eigenvalue weighted by atomic mass is 16.6. The molecule has 31 heavy (non-hydrogen) atoms. The molecule has 0 aromatic carbocycles. The standard InChI is InChI=1S/C22H28O9/c1-7-21(5,27)20(26)30-16-14-11(3)19(25)31-18(17(14)29-12(4)24)22(6,13-9-28-13)15(16)10(2)8-23/h8,13-18,27H,2-3,7,9H2,1,4-6H3/t13-,14-,15-,16-,17-,18-,21-,22+/m0/s1. The van der Waals surface area contributed by atoms with Crippen LogP contribution in [0.15, 0.2) is 24.3 Å². The number of fused-ring (bicyclic) bond motifs is 2. The van der Waals surface area contributed by atoms with E-state index in [9.17, 15) is 24.3 Å². The van der Waals surface area contributed by atoms with Gasteiger partial charge in [0.05, 0.1) is 18.6 Å². The quantitative estimate of drug-likeness (QED) is 0.203. The molecule has 0 aromatic rings. The van der Waals surface area contributed by atoms with E-state index in [2.05, 4.69) is 13.2 Å². The molecule has 0 spiro atoms. The van der Waals surface area contributed by atoms with E-state index in [-0.39, 0.29) is 17.6 Å². The molecule has 2 saturated heterocycles. The van der Waals surface area contributed by atoms with Gasteiger partial charge in [0.1, 0.15) is 24.6 Å². The lowest BCUT2D eigenvalue weighted by Crippen LogP contribution is -2.69. The normalized spacial score (nSPS) is 38.4. The number of aliphatic hydroxyl groups is 1. The Bertz CT molecular complexity index is 840. The summed E-state index contributed by atoms with van der Waals surface area (Å²) < 4.78 is 22.4. The van der Waals surface area contributed by atoms with Gasteiger partial charge >= 0.3 is 17.9 Å². The van der Waals surface area contributed by atoms with Gasteiger partial charge in [-0.05, 0) is 18.9 Å². The monoisotopic (exact) mass is 436 g/mol. The van der Waals surface area contributed by atoms with Crippen LogP contribution in [0, 0.1) is 17.3 Å². The predicted molar refractivity (Wildman–Crippen MR) is 105 cm³/mol. The first-order chi connectivity index (χ1) is 14.4. The Morgan fingerprint density at radius 2 is 1.97 bits per heavy atom. The van der Waals surface area contributed by atoms with Gasteiger partial charge in [-0.1, -0.05) is 27.0 Å². The van der Waals surface area contributed by atoms with Crippen LogP contribution in [0.1, 0.15) is 34.1 Å². The number of hydrogen-bond acceptors (Lipinski definition) is 9. The number of epoxide rings is 1. The van der Waals surface area contributed by atoms with Crippen molar-refractivity contribution >= 4 is 24.2 Å². The Morgan fingerprint density at radius 1 is 1.35 bits per heavy atom. The summed E-state index contributed by atoms with van der Waals surface area (Å²) >= 11 is 0. The number of hydrogen-bond donors (Lipinski definition) is 1. The molecule has 0 radical (unpaired) electrons. The van der Waals surface area contributed by atoms with E-state index in [1.165, 1.54) is 13.8 Å². The minimum absolute atomic E-state index is 0.0566. The van der Waals surface area contributed by atoms with Gasteiger partial charge in [0.25, 0.3) is 0 Å². The molecule has 0 aromatic heterocycles. The Kier molecular flexibility index (Phi) is 5.88. The van der Waals surface area contributed by atoms with Crippen LogP contribution in [0.3, 0.4) is 0 Å². The Labute approximate surface area is 180 Å². The molecule has 170 valence electrons. The zero-order valence-corrected chi connectivity index (χ0v) is 18.1. The molecule has 9 nitrogen and oxygen atoms in total. The van der Waals surface area contributed by atoms with E-state index in [1.807, 2.05) is 0 Å². The molecule has 1 N–H and O–H groups in total. The smallest absolute Gasteiger partial charge is 0.338 e. The highest BCUT2D eigenvalue weighted by molar-refractivity contribution is 5.90. The SMILES string of the molecule is C=C1C(=O)O[C@H]2[C@@H](OC(C)=O)[C@@H]1[C@H](OC(=O)[C@@](C)(O)CC)[C@H](C(=C)C=O)[C@@]2(C)[C@@H]1CO1. The van der Waals surface area contributed by atoms with E-state index >= 15 is 0 Å². The fraction of sp³-hybridized carbons (Fsp3) is 0.636. The van der Waals surface area contributed by atoms with E-state index < -0.39 is 65.2 Å². The Balaban J connectivity index is 2.18. The largest absolute Gasteiger partial charge is 0.459 e. The average molecular weight is 436 g/mol. The van der Waals surface area contributed by atoms with Crippen LogP contribution < -0.4 is 0 Å². The second-order valence-electron chi connectivity index (χ2n) is 8.81. The highest BCUT2D eigenvalue weighted by Crippen LogP contribution is 2.58. The van der Waals surface area contributed by atoms with Crippen LogP contribution in [0.25, 0.3) is 0 Å². The van der Waals surface area contributed by atoms with Crippen LogP contribution >= 0.6 is 0 Å². The molecular weight excluding hydrogens is 408 g/mol. The Hall–Kier alpha value is -2.52. The number of carbonyl (C=O) groups excluding carboxylic acids is 4. The summed E-state index contributed by atoms with van der Waals surface area (Å²) in [7, 11) is 0. The lowest BCUT2D eigenvalue weighted by Gasteiger charge is -2.57. The summed E-state index contributed by atoms with van der Waals surface area (Å²) in [6.07, 6.45) is -2.99. The third kappa shape index (κ3) is 3.70. The summed E-state index contributed by atoms with van der Waals surface area (Å²) in [6.45, 7) is 13.8. The summed E-state index contributed by atoms with van der Waals surface area (Å²) in [5, 5.41) is 10.4. The second kappa shape index (κ2) is 7.87. The van der Waals surface area contributed by atoms with Gasteiger partial charge in [0, 0.05) is 23.8 Å². The van der Waals surface area contributed by atoms with Crippen molar-refractivity contribution in [2.45, 2.75) is 64.1 Å². The van der Waals surface area contributed by atoms with Gasteiger partial charge in [-0.25, -0.2) is 9.59 Å². The maximum Gasteiger partial charge on any atom is 0.338 e. The molecule has 2 heterocycles. The number of ether oxygens (including phenoxy) is 4. The molecule has 8 atom stereocenters. The van der Waals surface area contributed by atoms with E-state index in [4.69, 9.17) is 18.9 Å². The van der Waals surface area contributed by atoms with Crippen molar-refractivity contribution < 1.29 is 43.2 Å². The van der Waals surface area contributed by atoms with Crippen molar-refractivity contribution in [2.75, 3.05) is 6.61 Å². The van der Waals surface area contributed by atoms with Crippen molar-refractivity contribution in [2.24, 2.45) is 17.3 Å². The van der Waals surface area contributed by atoms with Crippen molar-refractivity contribution in [3.63, 3.8) is 0 Å². The van der Waals surface area contributed by atoms with Crippen molar-refractivity contribution in [1.82, 2.24) is 0 Å². The zero-order chi connectivity index (χ0) is 23.3. The Morgan fingerprint density at radius 3 is 2.45 bits per heavy atom. The maximum atomic E-state index is 12.8. The lowest BCUT2D eigenvalue weighted by atomic mass is 9.54. The average Bonchev–Trinajstić information content (AvgIpc) is 3.54. The highest BCUT2D eigenvalue weighted by Gasteiger charge is 2.70. The molecule has 2 aliphatic heterocycles. The second-order valence-corrected chi connectivity index (χ2v) is 8.81. The van der Waals surface area contributed by atoms with Gasteiger partial charge < -0.3 is 24.1 Å². The van der Waals surface area contributed by atoms with Gasteiger partial charge in [-0.15, -0.1) is 0 Å². The number of aldehydes is 1. The first-order valence-electron chi connectivity index (χ1n) is 10.2. The van der Waals surface area contributed by atoms with Gasteiger partial charge in [0.2, 0.25) is 0 Å². The van der Waals surface area contributed by atoms with Crippen molar-refractivity contribution in [3.8, 4) is 0 Å². The topological polar surface area (TPSA) is 129 Å². The maximum absolute atomic E-state index is 12.8. The predicted octanol–water partition coefficient (Wildman–Crippen LogP) is 0.879. The molecule has 9 heteroatoms. The third-order valence-electron chi connectivity index (χ3n) is 6.77. The number of rotatable bonds is 7. The zero-order valence-electron chi connectivity index (χ0n) is 18.1. The minimum Gasteiger partial charge on any atom is -0.459 e. The third-order valence-corrected chi connectivity index (χ3v) is 6.77. The number of esters is 3. The summed E-state index contributed by atoms with van der Waals surface area (Å²) in [5.74, 6) is -4.09. The first-order valence-corrected chi connectivity index (χ1v) is 10.2. The fourth-order valence-electron chi connectivity index (χ4n) is 4.72.